The van der Waals surface area contributed by atoms with Crippen LogP contribution in [0.2, 0.25) is 0 Å². The van der Waals surface area contributed by atoms with Crippen LogP contribution in [-0.2, 0) is 16.1 Å². The number of aldehydes is 1. The Labute approximate surface area is 134 Å². The standard InChI is InChI=1S/C18H17NO4/c1-13(17(21)19-11-14-5-3-2-4-6-14)23-18(22)16-9-7-15(12-20)8-10-16/h2-10,12-13H,11H2,1H3,(H,19,21)/t13-/m1/s1. The van der Waals surface area contributed by atoms with Crippen molar-refractivity contribution in [3.63, 3.8) is 0 Å². The Balaban J connectivity index is 1.86. The van der Waals surface area contributed by atoms with E-state index in [1.165, 1.54) is 31.2 Å². The Morgan fingerprint density at radius 3 is 2.35 bits per heavy atom. The number of nitrogens with one attached hydrogen (secondary N) is 1. The van der Waals surface area contributed by atoms with E-state index in [2.05, 4.69) is 5.32 Å². The van der Waals surface area contributed by atoms with Crippen LogP contribution in [0.15, 0.2) is 54.6 Å². The highest BCUT2D eigenvalue weighted by Gasteiger charge is 2.18. The Morgan fingerprint density at radius 1 is 1.09 bits per heavy atom. The fraction of sp³-hybridized carbons (Fsp3) is 0.167. The highest BCUT2D eigenvalue weighted by molar-refractivity contribution is 5.92. The van der Waals surface area contributed by atoms with Gasteiger partial charge in [0, 0.05) is 12.1 Å². The number of amides is 1. The van der Waals surface area contributed by atoms with E-state index in [1.54, 1.807) is 0 Å². The van der Waals surface area contributed by atoms with Crippen molar-refractivity contribution in [1.82, 2.24) is 5.32 Å². The predicted octanol–water partition coefficient (Wildman–Crippen LogP) is 2.36. The van der Waals surface area contributed by atoms with Crippen LogP contribution >= 0.6 is 0 Å². The Morgan fingerprint density at radius 2 is 1.74 bits per heavy atom. The smallest absolute Gasteiger partial charge is 0.338 e. The minimum absolute atomic E-state index is 0.290. The highest BCUT2D eigenvalue weighted by Crippen LogP contribution is 2.07. The van der Waals surface area contributed by atoms with Crippen LogP contribution in [0, 0.1) is 0 Å². The van der Waals surface area contributed by atoms with Crippen LogP contribution < -0.4 is 5.32 Å². The lowest BCUT2D eigenvalue weighted by molar-refractivity contribution is -0.129. The molecule has 0 bridgehead atoms. The van der Waals surface area contributed by atoms with Crippen LogP contribution in [0.3, 0.4) is 0 Å². The van der Waals surface area contributed by atoms with Gasteiger partial charge in [-0.1, -0.05) is 42.5 Å². The molecule has 0 aromatic heterocycles. The normalized spacial score (nSPS) is 11.3. The summed E-state index contributed by atoms with van der Waals surface area (Å²) in [6.07, 6.45) is -0.216. The van der Waals surface area contributed by atoms with Crippen LogP contribution in [0.1, 0.15) is 33.2 Å². The lowest BCUT2D eigenvalue weighted by atomic mass is 10.1. The summed E-state index contributed by atoms with van der Waals surface area (Å²) >= 11 is 0. The van der Waals surface area contributed by atoms with E-state index in [0.717, 1.165) is 5.56 Å². The van der Waals surface area contributed by atoms with E-state index in [0.29, 0.717) is 24.0 Å². The van der Waals surface area contributed by atoms with Crippen molar-refractivity contribution >= 4 is 18.2 Å². The molecule has 0 aliphatic carbocycles. The molecule has 2 aromatic rings. The molecule has 0 fully saturated rings. The first kappa shape index (κ1) is 16.4. The van der Waals surface area contributed by atoms with Crippen molar-refractivity contribution in [3.05, 3.63) is 71.3 Å². The van der Waals surface area contributed by atoms with Crippen molar-refractivity contribution in [2.24, 2.45) is 0 Å². The van der Waals surface area contributed by atoms with Gasteiger partial charge in [-0.15, -0.1) is 0 Å². The van der Waals surface area contributed by atoms with E-state index >= 15 is 0 Å². The zero-order valence-corrected chi connectivity index (χ0v) is 12.7. The topological polar surface area (TPSA) is 72.5 Å². The number of carbonyl (C=O) groups is 3. The molecule has 2 aromatic carbocycles. The second-order valence-corrected chi connectivity index (χ2v) is 4.99. The molecule has 0 aliphatic rings. The van der Waals surface area contributed by atoms with Gasteiger partial charge in [0.25, 0.3) is 5.91 Å². The summed E-state index contributed by atoms with van der Waals surface area (Å²) in [6, 6.07) is 15.5. The molecule has 5 heteroatoms. The fourth-order valence-corrected chi connectivity index (χ4v) is 1.91. The van der Waals surface area contributed by atoms with E-state index < -0.39 is 12.1 Å². The molecule has 118 valence electrons. The largest absolute Gasteiger partial charge is 0.449 e. The molecule has 0 saturated heterocycles. The molecule has 0 spiro atoms. The summed E-state index contributed by atoms with van der Waals surface area (Å²) in [5, 5.41) is 2.71. The minimum Gasteiger partial charge on any atom is -0.449 e. The van der Waals surface area contributed by atoms with Gasteiger partial charge in [-0.2, -0.15) is 0 Å². The lowest BCUT2D eigenvalue weighted by Gasteiger charge is -2.13. The maximum Gasteiger partial charge on any atom is 0.338 e. The number of hydrogen-bond acceptors (Lipinski definition) is 4. The van der Waals surface area contributed by atoms with Crippen molar-refractivity contribution in [2.75, 3.05) is 0 Å². The maximum atomic E-state index is 11.9. The average Bonchev–Trinajstić information content (AvgIpc) is 2.60. The first-order valence-corrected chi connectivity index (χ1v) is 7.18. The van der Waals surface area contributed by atoms with Crippen molar-refractivity contribution in [3.8, 4) is 0 Å². The molecular formula is C18H17NO4. The van der Waals surface area contributed by atoms with E-state index in [1.807, 2.05) is 30.3 Å². The monoisotopic (exact) mass is 311 g/mol. The summed E-state index contributed by atoms with van der Waals surface area (Å²) < 4.78 is 5.12. The van der Waals surface area contributed by atoms with Gasteiger partial charge in [0.1, 0.15) is 6.29 Å². The van der Waals surface area contributed by atoms with Gasteiger partial charge in [0.15, 0.2) is 6.10 Å². The third kappa shape index (κ3) is 4.78. The van der Waals surface area contributed by atoms with Gasteiger partial charge in [0.05, 0.1) is 5.56 Å². The second kappa shape index (κ2) is 7.89. The molecule has 1 atom stereocenters. The molecule has 1 amide bonds. The molecule has 1 N–H and O–H groups in total. The molecular weight excluding hydrogens is 294 g/mol. The first-order chi connectivity index (χ1) is 11.1. The van der Waals surface area contributed by atoms with Crippen LogP contribution in [0.4, 0.5) is 0 Å². The highest BCUT2D eigenvalue weighted by atomic mass is 16.5. The second-order valence-electron chi connectivity index (χ2n) is 4.99. The Hall–Kier alpha value is -2.95. The maximum absolute atomic E-state index is 11.9. The number of carbonyl (C=O) groups excluding carboxylic acids is 3. The van der Waals surface area contributed by atoms with Crippen molar-refractivity contribution in [1.29, 1.82) is 0 Å². The predicted molar refractivity (Wildman–Crippen MR) is 85.0 cm³/mol. The third-order valence-electron chi connectivity index (χ3n) is 3.25. The number of hydrogen-bond donors (Lipinski definition) is 1. The summed E-state index contributed by atoms with van der Waals surface area (Å²) in [4.78, 5) is 34.5. The lowest BCUT2D eigenvalue weighted by Crippen LogP contribution is -2.35. The van der Waals surface area contributed by atoms with Gasteiger partial charge in [-0.3, -0.25) is 9.59 Å². The Bertz CT molecular complexity index is 680. The van der Waals surface area contributed by atoms with Crippen LogP contribution in [0.25, 0.3) is 0 Å². The molecule has 0 heterocycles. The van der Waals surface area contributed by atoms with Crippen LogP contribution in [0.5, 0.6) is 0 Å². The molecule has 2 rings (SSSR count). The number of ether oxygens (including phenoxy) is 1. The zero-order chi connectivity index (χ0) is 16.7. The molecule has 0 saturated carbocycles. The quantitative estimate of drug-likeness (QED) is 0.656. The Kier molecular flexibility index (Phi) is 5.63. The average molecular weight is 311 g/mol. The van der Waals surface area contributed by atoms with Gasteiger partial charge < -0.3 is 10.1 Å². The van der Waals surface area contributed by atoms with E-state index in [-0.39, 0.29) is 5.91 Å². The molecule has 0 radical (unpaired) electrons. The van der Waals surface area contributed by atoms with E-state index in [9.17, 15) is 14.4 Å². The van der Waals surface area contributed by atoms with Crippen LogP contribution in [-0.4, -0.2) is 24.3 Å². The number of benzene rings is 2. The van der Waals surface area contributed by atoms with Gasteiger partial charge in [0.2, 0.25) is 0 Å². The molecule has 0 unspecified atom stereocenters. The van der Waals surface area contributed by atoms with E-state index in [4.69, 9.17) is 4.74 Å². The number of rotatable bonds is 6. The summed E-state index contributed by atoms with van der Waals surface area (Å²) in [5.74, 6) is -0.975. The SMILES string of the molecule is C[C@@H](OC(=O)c1ccc(C=O)cc1)C(=O)NCc1ccccc1. The van der Waals surface area contributed by atoms with Crippen molar-refractivity contribution < 1.29 is 19.1 Å². The van der Waals surface area contributed by atoms with Gasteiger partial charge in [-0.05, 0) is 24.6 Å². The number of esters is 1. The van der Waals surface area contributed by atoms with Gasteiger partial charge in [-0.25, -0.2) is 4.79 Å². The molecule has 5 nitrogen and oxygen atoms in total. The molecule has 23 heavy (non-hydrogen) atoms. The van der Waals surface area contributed by atoms with Crippen molar-refractivity contribution in [2.45, 2.75) is 19.6 Å². The minimum atomic E-state index is -0.906. The van der Waals surface area contributed by atoms with Gasteiger partial charge >= 0.3 is 5.97 Å². The third-order valence-corrected chi connectivity index (χ3v) is 3.25. The fourth-order valence-electron chi connectivity index (χ4n) is 1.91. The summed E-state index contributed by atoms with van der Waals surface area (Å²) in [6.45, 7) is 1.88. The molecule has 0 aliphatic heterocycles. The first-order valence-electron chi connectivity index (χ1n) is 7.18. The zero-order valence-electron chi connectivity index (χ0n) is 12.7. The summed E-state index contributed by atoms with van der Waals surface area (Å²) in [7, 11) is 0. The summed E-state index contributed by atoms with van der Waals surface area (Å²) in [5.41, 5.74) is 1.72.